The van der Waals surface area contributed by atoms with Crippen LogP contribution in [0.1, 0.15) is 26.4 Å². The summed E-state index contributed by atoms with van der Waals surface area (Å²) in [6, 6.07) is 18.6. The molecule has 0 atom stereocenters. The standard InChI is InChI=1S/C18H15NO2S/c1-13-7-9-15(10-8-13)18(21)16-11-17(20)19(22-16)12-14-5-3-2-4-6-14/h2-11H,12H2,1H3. The highest BCUT2D eigenvalue weighted by atomic mass is 32.1. The van der Waals surface area contributed by atoms with E-state index in [1.165, 1.54) is 17.6 Å². The van der Waals surface area contributed by atoms with Crippen molar-refractivity contribution in [3.63, 3.8) is 0 Å². The van der Waals surface area contributed by atoms with E-state index in [4.69, 9.17) is 0 Å². The van der Waals surface area contributed by atoms with Crippen molar-refractivity contribution in [2.24, 2.45) is 0 Å². The molecule has 22 heavy (non-hydrogen) atoms. The Balaban J connectivity index is 1.87. The molecule has 0 aliphatic heterocycles. The van der Waals surface area contributed by atoms with Crippen molar-refractivity contribution in [1.82, 2.24) is 3.96 Å². The van der Waals surface area contributed by atoms with Gasteiger partial charge in [0.15, 0.2) is 0 Å². The Labute approximate surface area is 132 Å². The van der Waals surface area contributed by atoms with Crippen LogP contribution in [0.3, 0.4) is 0 Å². The van der Waals surface area contributed by atoms with Crippen LogP contribution in [0.25, 0.3) is 0 Å². The Hall–Kier alpha value is -2.46. The number of rotatable bonds is 4. The maximum Gasteiger partial charge on any atom is 0.261 e. The zero-order valence-corrected chi connectivity index (χ0v) is 13.0. The Morgan fingerprint density at radius 1 is 1.05 bits per heavy atom. The Bertz CT molecular complexity index is 845. The average Bonchev–Trinajstić information content (AvgIpc) is 2.89. The Morgan fingerprint density at radius 2 is 1.73 bits per heavy atom. The quantitative estimate of drug-likeness (QED) is 0.692. The van der Waals surface area contributed by atoms with Crippen LogP contribution in [0.15, 0.2) is 65.5 Å². The fourth-order valence-electron chi connectivity index (χ4n) is 2.19. The Morgan fingerprint density at radius 3 is 2.41 bits per heavy atom. The van der Waals surface area contributed by atoms with Crippen molar-refractivity contribution >= 4 is 17.3 Å². The SMILES string of the molecule is Cc1ccc(C(=O)c2cc(=O)n(Cc3ccccc3)s2)cc1. The minimum Gasteiger partial charge on any atom is -0.288 e. The first-order valence-corrected chi connectivity index (χ1v) is 7.77. The van der Waals surface area contributed by atoms with Gasteiger partial charge in [0.25, 0.3) is 5.56 Å². The molecule has 0 spiro atoms. The van der Waals surface area contributed by atoms with Gasteiger partial charge in [0.1, 0.15) is 0 Å². The van der Waals surface area contributed by atoms with Crippen molar-refractivity contribution in [2.45, 2.75) is 13.5 Å². The van der Waals surface area contributed by atoms with Crippen molar-refractivity contribution in [2.75, 3.05) is 0 Å². The molecule has 0 amide bonds. The monoisotopic (exact) mass is 309 g/mol. The van der Waals surface area contributed by atoms with E-state index in [2.05, 4.69) is 0 Å². The summed E-state index contributed by atoms with van der Waals surface area (Å²) < 4.78 is 1.61. The van der Waals surface area contributed by atoms with Gasteiger partial charge in [-0.3, -0.25) is 13.5 Å². The number of nitrogens with zero attached hydrogens (tertiary/aromatic N) is 1. The molecule has 3 rings (SSSR count). The van der Waals surface area contributed by atoms with E-state index in [1.807, 2.05) is 49.4 Å². The summed E-state index contributed by atoms with van der Waals surface area (Å²) >= 11 is 1.22. The lowest BCUT2D eigenvalue weighted by molar-refractivity contribution is 0.104. The van der Waals surface area contributed by atoms with Crippen molar-refractivity contribution in [3.8, 4) is 0 Å². The van der Waals surface area contributed by atoms with E-state index >= 15 is 0 Å². The molecule has 0 bridgehead atoms. The molecule has 1 aromatic heterocycles. The molecular formula is C18H15NO2S. The van der Waals surface area contributed by atoms with Gasteiger partial charge < -0.3 is 0 Å². The summed E-state index contributed by atoms with van der Waals surface area (Å²) in [4.78, 5) is 25.0. The van der Waals surface area contributed by atoms with Gasteiger partial charge in [-0.2, -0.15) is 0 Å². The molecule has 0 fully saturated rings. The number of aromatic nitrogens is 1. The highest BCUT2D eigenvalue weighted by molar-refractivity contribution is 7.08. The minimum absolute atomic E-state index is 0.103. The molecule has 0 saturated heterocycles. The molecule has 3 nitrogen and oxygen atoms in total. The van der Waals surface area contributed by atoms with Crippen LogP contribution in [0.4, 0.5) is 0 Å². The van der Waals surface area contributed by atoms with Crippen molar-refractivity contribution < 1.29 is 4.79 Å². The smallest absolute Gasteiger partial charge is 0.261 e. The summed E-state index contributed by atoms with van der Waals surface area (Å²) in [6.07, 6.45) is 0. The number of benzene rings is 2. The van der Waals surface area contributed by atoms with E-state index in [0.29, 0.717) is 17.0 Å². The number of hydrogen-bond acceptors (Lipinski definition) is 3. The van der Waals surface area contributed by atoms with Gasteiger partial charge in [0.2, 0.25) is 5.78 Å². The van der Waals surface area contributed by atoms with E-state index in [9.17, 15) is 9.59 Å². The molecule has 0 saturated carbocycles. The highest BCUT2D eigenvalue weighted by Gasteiger charge is 2.14. The molecule has 0 aliphatic rings. The predicted octanol–water partition coefficient (Wildman–Crippen LogP) is 3.50. The van der Waals surface area contributed by atoms with Gasteiger partial charge >= 0.3 is 0 Å². The molecule has 0 N–H and O–H groups in total. The maximum atomic E-state index is 12.4. The molecule has 3 aromatic rings. The molecule has 1 heterocycles. The van der Waals surface area contributed by atoms with Gasteiger partial charge in [-0.25, -0.2) is 0 Å². The number of hydrogen-bond donors (Lipinski definition) is 0. The largest absolute Gasteiger partial charge is 0.288 e. The second kappa shape index (κ2) is 6.12. The molecule has 0 radical (unpaired) electrons. The maximum absolute atomic E-state index is 12.4. The summed E-state index contributed by atoms with van der Waals surface area (Å²) in [7, 11) is 0. The lowest BCUT2D eigenvalue weighted by atomic mass is 10.1. The third-order valence-electron chi connectivity index (χ3n) is 3.42. The number of aryl methyl sites for hydroxylation is 1. The number of carbonyl (C=O) groups is 1. The fourth-order valence-corrected chi connectivity index (χ4v) is 3.14. The van der Waals surface area contributed by atoms with Crippen LogP contribution in [0, 0.1) is 6.92 Å². The normalized spacial score (nSPS) is 10.6. The van der Waals surface area contributed by atoms with Gasteiger partial charge in [0.05, 0.1) is 11.4 Å². The van der Waals surface area contributed by atoms with Crippen LogP contribution in [0.2, 0.25) is 0 Å². The van der Waals surface area contributed by atoms with Gasteiger partial charge in [-0.15, -0.1) is 0 Å². The van der Waals surface area contributed by atoms with E-state index in [0.717, 1.165) is 11.1 Å². The topological polar surface area (TPSA) is 39.1 Å². The van der Waals surface area contributed by atoms with E-state index < -0.39 is 0 Å². The predicted molar refractivity (Wildman–Crippen MR) is 88.7 cm³/mol. The first-order chi connectivity index (χ1) is 10.6. The summed E-state index contributed by atoms with van der Waals surface area (Å²) in [6.45, 7) is 2.47. The van der Waals surface area contributed by atoms with Crippen molar-refractivity contribution in [3.05, 3.63) is 92.6 Å². The van der Waals surface area contributed by atoms with Crippen LogP contribution in [0.5, 0.6) is 0 Å². The minimum atomic E-state index is -0.135. The van der Waals surface area contributed by atoms with Crippen LogP contribution >= 0.6 is 11.5 Å². The van der Waals surface area contributed by atoms with E-state index in [-0.39, 0.29) is 11.3 Å². The second-order valence-electron chi connectivity index (χ2n) is 5.16. The van der Waals surface area contributed by atoms with Crippen LogP contribution < -0.4 is 5.56 Å². The van der Waals surface area contributed by atoms with Gasteiger partial charge in [-0.05, 0) is 12.5 Å². The zero-order chi connectivity index (χ0) is 15.5. The molecule has 4 heteroatoms. The first kappa shape index (κ1) is 14.5. The first-order valence-electron chi connectivity index (χ1n) is 7.00. The third kappa shape index (κ3) is 3.07. The Kier molecular flexibility index (Phi) is 4.02. The summed E-state index contributed by atoms with van der Waals surface area (Å²) in [5.41, 5.74) is 2.62. The fraction of sp³-hybridized carbons (Fsp3) is 0.111. The lowest BCUT2D eigenvalue weighted by Gasteiger charge is -2.01. The molecule has 0 unspecified atom stereocenters. The molecule has 110 valence electrons. The molecule has 2 aromatic carbocycles. The van der Waals surface area contributed by atoms with Gasteiger partial charge in [-0.1, -0.05) is 71.7 Å². The third-order valence-corrected chi connectivity index (χ3v) is 4.44. The zero-order valence-electron chi connectivity index (χ0n) is 12.2. The van der Waals surface area contributed by atoms with E-state index in [1.54, 1.807) is 16.1 Å². The number of ketones is 1. The average molecular weight is 309 g/mol. The summed E-state index contributed by atoms with van der Waals surface area (Å²) in [5.74, 6) is -0.103. The lowest BCUT2D eigenvalue weighted by Crippen LogP contribution is -2.12. The van der Waals surface area contributed by atoms with Gasteiger partial charge in [0, 0.05) is 11.6 Å². The highest BCUT2D eigenvalue weighted by Crippen LogP contribution is 2.15. The van der Waals surface area contributed by atoms with Crippen LogP contribution in [-0.2, 0) is 6.54 Å². The molecular weight excluding hydrogens is 294 g/mol. The second-order valence-corrected chi connectivity index (χ2v) is 6.22. The number of carbonyl (C=O) groups excluding carboxylic acids is 1. The summed E-state index contributed by atoms with van der Waals surface area (Å²) in [5, 5.41) is 0. The molecule has 0 aliphatic carbocycles. The van der Waals surface area contributed by atoms with Crippen LogP contribution in [-0.4, -0.2) is 9.74 Å². The van der Waals surface area contributed by atoms with Crippen molar-refractivity contribution in [1.29, 1.82) is 0 Å².